The number of alkyl halides is 3. The summed E-state index contributed by atoms with van der Waals surface area (Å²) in [5.41, 5.74) is -0.539. The lowest BCUT2D eigenvalue weighted by Crippen LogP contribution is -2.44. The van der Waals surface area contributed by atoms with Gasteiger partial charge in [0.25, 0.3) is 5.91 Å². The van der Waals surface area contributed by atoms with Gasteiger partial charge in [0.15, 0.2) is 0 Å². The second-order valence-electron chi connectivity index (χ2n) is 6.84. The highest BCUT2D eigenvalue weighted by molar-refractivity contribution is 5.94. The normalized spacial score (nSPS) is 17.0. The number of amides is 2. The predicted molar refractivity (Wildman–Crippen MR) is 92.6 cm³/mol. The second kappa shape index (κ2) is 8.56. The van der Waals surface area contributed by atoms with Crippen LogP contribution in [0.15, 0.2) is 24.3 Å². The molecule has 1 N–H and O–H groups in total. The van der Waals surface area contributed by atoms with Crippen LogP contribution >= 0.6 is 0 Å². The first-order chi connectivity index (χ1) is 12.2. The fourth-order valence-corrected chi connectivity index (χ4v) is 3.20. The lowest BCUT2D eigenvalue weighted by molar-refractivity contribution is -0.137. The van der Waals surface area contributed by atoms with Crippen LogP contribution in [0, 0.1) is 5.92 Å². The minimum absolute atomic E-state index is 0.0209. The first kappa shape index (κ1) is 20.3. The van der Waals surface area contributed by atoms with Crippen molar-refractivity contribution < 1.29 is 22.8 Å². The molecular formula is C19H25F3N2O2. The maximum atomic E-state index is 12.6. The number of halogens is 3. The van der Waals surface area contributed by atoms with E-state index in [2.05, 4.69) is 12.2 Å². The van der Waals surface area contributed by atoms with Gasteiger partial charge in [-0.05, 0) is 50.5 Å². The molecule has 7 heteroatoms. The van der Waals surface area contributed by atoms with Crippen LogP contribution in [0.4, 0.5) is 13.2 Å². The summed E-state index contributed by atoms with van der Waals surface area (Å²) in [6.45, 7) is 4.90. The highest BCUT2D eigenvalue weighted by Crippen LogP contribution is 2.29. The van der Waals surface area contributed by atoms with Crippen LogP contribution in [0.25, 0.3) is 0 Å². The van der Waals surface area contributed by atoms with Crippen LogP contribution in [-0.4, -0.2) is 35.8 Å². The average Bonchev–Trinajstić information content (AvgIpc) is 2.60. The molecule has 0 aromatic heterocycles. The summed E-state index contributed by atoms with van der Waals surface area (Å²) >= 11 is 0. The molecule has 1 aromatic rings. The molecule has 0 aliphatic carbocycles. The summed E-state index contributed by atoms with van der Waals surface area (Å²) in [4.78, 5) is 26.3. The molecule has 26 heavy (non-hydrogen) atoms. The number of piperidine rings is 1. The number of hydrogen-bond acceptors (Lipinski definition) is 2. The topological polar surface area (TPSA) is 49.4 Å². The van der Waals surface area contributed by atoms with Crippen LogP contribution in [0.2, 0.25) is 0 Å². The van der Waals surface area contributed by atoms with Crippen molar-refractivity contribution in [1.82, 2.24) is 10.2 Å². The highest BCUT2D eigenvalue weighted by atomic mass is 19.4. The maximum Gasteiger partial charge on any atom is 0.416 e. The first-order valence-electron chi connectivity index (χ1n) is 8.99. The molecule has 1 heterocycles. The molecule has 4 nitrogen and oxygen atoms in total. The Balaban J connectivity index is 1.89. The van der Waals surface area contributed by atoms with Gasteiger partial charge in [-0.2, -0.15) is 13.2 Å². The fourth-order valence-electron chi connectivity index (χ4n) is 3.20. The van der Waals surface area contributed by atoms with Crippen molar-refractivity contribution in [1.29, 1.82) is 0 Å². The molecule has 1 aromatic carbocycles. The van der Waals surface area contributed by atoms with Gasteiger partial charge in [-0.1, -0.05) is 13.3 Å². The standard InChI is InChI=1S/C19H25F3N2O2/c1-3-4-13(2)23-17(25)14-9-11-24(12-10-14)18(26)15-5-7-16(8-6-15)19(20,21)22/h5-8,13-14H,3-4,9-12H2,1-2H3,(H,23,25)/t13-/m1/s1. The minimum Gasteiger partial charge on any atom is -0.353 e. The Hall–Kier alpha value is -2.05. The van der Waals surface area contributed by atoms with Crippen molar-refractivity contribution >= 4 is 11.8 Å². The summed E-state index contributed by atoms with van der Waals surface area (Å²) in [6.07, 6.45) is -1.35. The molecule has 1 saturated heterocycles. The molecule has 0 spiro atoms. The van der Waals surface area contributed by atoms with E-state index in [9.17, 15) is 22.8 Å². The van der Waals surface area contributed by atoms with Crippen LogP contribution < -0.4 is 5.32 Å². The van der Waals surface area contributed by atoms with E-state index in [0.29, 0.717) is 25.9 Å². The van der Waals surface area contributed by atoms with Crippen molar-refractivity contribution in [3.63, 3.8) is 0 Å². The zero-order valence-corrected chi connectivity index (χ0v) is 15.1. The number of nitrogens with one attached hydrogen (secondary N) is 1. The van der Waals surface area contributed by atoms with Crippen LogP contribution in [-0.2, 0) is 11.0 Å². The third-order valence-corrected chi connectivity index (χ3v) is 4.72. The fraction of sp³-hybridized carbons (Fsp3) is 0.579. The Morgan fingerprint density at radius 1 is 1.19 bits per heavy atom. The van der Waals surface area contributed by atoms with Gasteiger partial charge >= 0.3 is 6.18 Å². The van der Waals surface area contributed by atoms with E-state index in [1.54, 1.807) is 4.90 Å². The van der Waals surface area contributed by atoms with E-state index in [-0.39, 0.29) is 29.3 Å². The highest BCUT2D eigenvalue weighted by Gasteiger charge is 2.31. The van der Waals surface area contributed by atoms with Gasteiger partial charge in [0.2, 0.25) is 5.91 Å². The molecule has 144 valence electrons. The first-order valence-corrected chi connectivity index (χ1v) is 8.99. The van der Waals surface area contributed by atoms with Crippen molar-refractivity contribution in [3.8, 4) is 0 Å². The Kier molecular flexibility index (Phi) is 6.67. The summed E-state index contributed by atoms with van der Waals surface area (Å²) in [5, 5.41) is 3.00. The van der Waals surface area contributed by atoms with Gasteiger partial charge in [0, 0.05) is 30.6 Å². The third kappa shape index (κ3) is 5.22. The largest absolute Gasteiger partial charge is 0.416 e. The molecule has 2 amide bonds. The summed E-state index contributed by atoms with van der Waals surface area (Å²) in [5.74, 6) is -0.393. The molecule has 1 fully saturated rings. The lowest BCUT2D eigenvalue weighted by atomic mass is 9.95. The Morgan fingerprint density at radius 3 is 2.27 bits per heavy atom. The lowest BCUT2D eigenvalue weighted by Gasteiger charge is -2.32. The van der Waals surface area contributed by atoms with Crippen molar-refractivity contribution in [2.45, 2.75) is 51.7 Å². The van der Waals surface area contributed by atoms with Gasteiger partial charge in [-0.3, -0.25) is 9.59 Å². The van der Waals surface area contributed by atoms with Crippen molar-refractivity contribution in [2.24, 2.45) is 5.92 Å². The molecule has 0 bridgehead atoms. The van der Waals surface area contributed by atoms with Crippen LogP contribution in [0.1, 0.15) is 55.5 Å². The minimum atomic E-state index is -4.41. The zero-order valence-electron chi connectivity index (χ0n) is 15.1. The summed E-state index contributed by atoms with van der Waals surface area (Å²) in [6, 6.07) is 4.39. The van der Waals surface area contributed by atoms with Crippen LogP contribution in [0.3, 0.4) is 0 Å². The van der Waals surface area contributed by atoms with Gasteiger partial charge in [0.1, 0.15) is 0 Å². The SMILES string of the molecule is CCC[C@@H](C)NC(=O)C1CCN(C(=O)c2ccc(C(F)(F)F)cc2)CC1. The molecule has 0 saturated carbocycles. The van der Waals surface area contributed by atoms with Gasteiger partial charge in [0.05, 0.1) is 5.56 Å². The summed E-state index contributed by atoms with van der Waals surface area (Å²) in [7, 11) is 0. The quantitative estimate of drug-likeness (QED) is 0.856. The van der Waals surface area contributed by atoms with Crippen LogP contribution in [0.5, 0.6) is 0 Å². The number of likely N-dealkylation sites (tertiary alicyclic amines) is 1. The van der Waals surface area contributed by atoms with Crippen molar-refractivity contribution in [2.75, 3.05) is 13.1 Å². The molecule has 2 rings (SSSR count). The third-order valence-electron chi connectivity index (χ3n) is 4.72. The monoisotopic (exact) mass is 370 g/mol. The molecule has 0 unspecified atom stereocenters. The predicted octanol–water partition coefficient (Wildman–Crippen LogP) is 3.86. The van der Waals surface area contributed by atoms with Gasteiger partial charge in [-0.15, -0.1) is 0 Å². The van der Waals surface area contributed by atoms with E-state index < -0.39 is 11.7 Å². The number of hydrogen-bond donors (Lipinski definition) is 1. The number of carbonyl (C=O) groups excluding carboxylic acids is 2. The Bertz CT molecular complexity index is 621. The smallest absolute Gasteiger partial charge is 0.353 e. The van der Waals surface area contributed by atoms with E-state index in [4.69, 9.17) is 0 Å². The van der Waals surface area contributed by atoms with Gasteiger partial charge < -0.3 is 10.2 Å². The van der Waals surface area contributed by atoms with E-state index in [0.717, 1.165) is 25.0 Å². The Labute approximate surface area is 151 Å². The zero-order chi connectivity index (χ0) is 19.3. The number of carbonyl (C=O) groups is 2. The number of benzene rings is 1. The number of nitrogens with zero attached hydrogens (tertiary/aromatic N) is 1. The molecule has 1 aliphatic heterocycles. The van der Waals surface area contributed by atoms with Crippen molar-refractivity contribution in [3.05, 3.63) is 35.4 Å². The molecular weight excluding hydrogens is 345 g/mol. The second-order valence-corrected chi connectivity index (χ2v) is 6.84. The summed E-state index contributed by atoms with van der Waals surface area (Å²) < 4.78 is 37.8. The Morgan fingerprint density at radius 2 is 1.77 bits per heavy atom. The van der Waals surface area contributed by atoms with E-state index >= 15 is 0 Å². The molecule has 1 aliphatic rings. The van der Waals surface area contributed by atoms with E-state index in [1.165, 1.54) is 12.1 Å². The maximum absolute atomic E-state index is 12.6. The molecule has 1 atom stereocenters. The average molecular weight is 370 g/mol. The number of rotatable bonds is 5. The van der Waals surface area contributed by atoms with E-state index in [1.807, 2.05) is 6.92 Å². The van der Waals surface area contributed by atoms with Gasteiger partial charge in [-0.25, -0.2) is 0 Å². The molecule has 0 radical (unpaired) electrons.